The number of hydrogen-bond donors (Lipinski definition) is 2. The Labute approximate surface area is 142 Å². The highest BCUT2D eigenvalue weighted by Gasteiger charge is 2.53. The van der Waals surface area contributed by atoms with Crippen LogP contribution >= 0.6 is 11.8 Å². The molecule has 0 radical (unpaired) electrons. The van der Waals surface area contributed by atoms with Crippen LogP contribution in [0, 0.1) is 6.92 Å². The predicted molar refractivity (Wildman–Crippen MR) is 87.3 cm³/mol. The molecule has 1 saturated heterocycles. The van der Waals surface area contributed by atoms with Crippen molar-refractivity contribution < 1.29 is 19.5 Å². The molecule has 2 aliphatic rings. The summed E-state index contributed by atoms with van der Waals surface area (Å²) in [5, 5.41) is 15.9. The van der Waals surface area contributed by atoms with Gasteiger partial charge in [-0.25, -0.2) is 4.79 Å². The van der Waals surface area contributed by atoms with Crippen LogP contribution < -0.4 is 5.32 Å². The molecule has 0 saturated carbocycles. The maximum absolute atomic E-state index is 12.4. The lowest BCUT2D eigenvalue weighted by atomic mass is 10.0. The number of β-lactam (4-membered cyclic amide) rings is 1. The molecule has 1 aromatic rings. The van der Waals surface area contributed by atoms with Gasteiger partial charge in [0.15, 0.2) is 0 Å². The number of carboxylic acids is 1. The summed E-state index contributed by atoms with van der Waals surface area (Å²) in [7, 11) is 0. The van der Waals surface area contributed by atoms with E-state index in [0.717, 1.165) is 0 Å². The van der Waals surface area contributed by atoms with Crippen molar-refractivity contribution in [1.29, 1.82) is 0 Å². The van der Waals surface area contributed by atoms with Crippen molar-refractivity contribution in [2.75, 3.05) is 5.75 Å². The first-order valence-corrected chi connectivity index (χ1v) is 8.62. The molecule has 8 nitrogen and oxygen atoms in total. The van der Waals surface area contributed by atoms with E-state index in [1.54, 1.807) is 24.7 Å². The minimum atomic E-state index is -1.11. The van der Waals surface area contributed by atoms with Gasteiger partial charge in [0, 0.05) is 18.5 Å². The maximum atomic E-state index is 12.4. The quantitative estimate of drug-likeness (QED) is 0.770. The molecule has 0 unspecified atom stereocenters. The summed E-state index contributed by atoms with van der Waals surface area (Å²) in [6.07, 6.45) is 1.65. The summed E-state index contributed by atoms with van der Waals surface area (Å²) in [5.74, 6) is -1.35. The molecule has 3 rings (SSSR count). The van der Waals surface area contributed by atoms with Gasteiger partial charge in [0.1, 0.15) is 17.1 Å². The second kappa shape index (κ2) is 5.97. The fourth-order valence-corrected chi connectivity index (χ4v) is 4.19. The van der Waals surface area contributed by atoms with Gasteiger partial charge in [-0.15, -0.1) is 11.8 Å². The van der Waals surface area contributed by atoms with Crippen LogP contribution in [0.4, 0.5) is 0 Å². The lowest BCUT2D eigenvalue weighted by molar-refractivity contribution is -0.148. The Morgan fingerprint density at radius 2 is 2.17 bits per heavy atom. The van der Waals surface area contributed by atoms with Crippen LogP contribution in [-0.4, -0.2) is 54.7 Å². The number of hydrogen-bond acceptors (Lipinski definition) is 5. The van der Waals surface area contributed by atoms with E-state index in [2.05, 4.69) is 10.4 Å². The summed E-state index contributed by atoms with van der Waals surface area (Å²) in [6.45, 7) is 6.01. The molecule has 2 atom stereocenters. The molecule has 2 aliphatic heterocycles. The largest absolute Gasteiger partial charge is 0.477 e. The minimum Gasteiger partial charge on any atom is -0.477 e. The van der Waals surface area contributed by atoms with E-state index < -0.39 is 17.9 Å². The van der Waals surface area contributed by atoms with E-state index >= 15 is 0 Å². The second-order valence-electron chi connectivity index (χ2n) is 5.78. The lowest BCUT2D eigenvalue weighted by Gasteiger charge is -2.49. The average Bonchev–Trinajstić information content (AvgIpc) is 2.93. The molecule has 0 aromatic carbocycles. The van der Waals surface area contributed by atoms with Crippen molar-refractivity contribution in [3.05, 3.63) is 28.7 Å². The smallest absolute Gasteiger partial charge is 0.352 e. The molecule has 1 aromatic heterocycles. The zero-order valence-electron chi connectivity index (χ0n) is 13.6. The molecule has 0 aliphatic carbocycles. The molecule has 0 spiro atoms. The monoisotopic (exact) mass is 350 g/mol. The number of nitrogens with zero attached hydrogens (tertiary/aromatic N) is 3. The number of carbonyl (C=O) groups excluding carboxylic acids is 2. The molecule has 1 fully saturated rings. The number of aromatic nitrogens is 2. The number of amides is 2. The van der Waals surface area contributed by atoms with Crippen LogP contribution in [-0.2, 0) is 16.1 Å². The van der Waals surface area contributed by atoms with Crippen molar-refractivity contribution in [3.8, 4) is 0 Å². The lowest BCUT2D eigenvalue weighted by Crippen LogP contribution is -2.70. The van der Waals surface area contributed by atoms with Crippen LogP contribution in [0.3, 0.4) is 0 Å². The summed E-state index contributed by atoms with van der Waals surface area (Å²) in [5.41, 5.74) is 1.71. The highest BCUT2D eigenvalue weighted by molar-refractivity contribution is 8.00. The zero-order valence-corrected chi connectivity index (χ0v) is 14.4. The number of rotatable bonds is 4. The molecule has 0 bridgehead atoms. The van der Waals surface area contributed by atoms with Crippen LogP contribution in [0.25, 0.3) is 0 Å². The zero-order chi connectivity index (χ0) is 17.6. The van der Waals surface area contributed by atoms with Gasteiger partial charge >= 0.3 is 5.97 Å². The standard InChI is InChI=1S/C15H18N4O4S/c1-4-18-5-9(8(3)17-18)12(20)16-10-13(21)19-11(15(22)23)7(2)6-24-14(10)19/h5,10,14H,4,6H2,1-3H3,(H,16,20)(H,22,23)/t10-,14+/m0/s1. The van der Waals surface area contributed by atoms with Crippen LogP contribution in [0.5, 0.6) is 0 Å². The van der Waals surface area contributed by atoms with Crippen molar-refractivity contribution in [2.45, 2.75) is 38.7 Å². The van der Waals surface area contributed by atoms with Crippen LogP contribution in [0.1, 0.15) is 29.9 Å². The van der Waals surface area contributed by atoms with Gasteiger partial charge in [-0.3, -0.25) is 19.2 Å². The minimum absolute atomic E-state index is 0.0317. The van der Waals surface area contributed by atoms with E-state index in [4.69, 9.17) is 0 Å². The molecule has 2 amide bonds. The highest BCUT2D eigenvalue weighted by Crippen LogP contribution is 2.40. The van der Waals surface area contributed by atoms with E-state index in [0.29, 0.717) is 29.1 Å². The summed E-state index contributed by atoms with van der Waals surface area (Å²) < 4.78 is 1.66. The van der Waals surface area contributed by atoms with Gasteiger partial charge in [-0.2, -0.15) is 5.10 Å². The first kappa shape index (κ1) is 16.6. The topological polar surface area (TPSA) is 105 Å². The Morgan fingerprint density at radius 1 is 1.46 bits per heavy atom. The van der Waals surface area contributed by atoms with Crippen molar-refractivity contribution in [2.24, 2.45) is 0 Å². The van der Waals surface area contributed by atoms with Crippen molar-refractivity contribution in [3.63, 3.8) is 0 Å². The number of aliphatic carboxylic acids is 1. The predicted octanol–water partition coefficient (Wildman–Crippen LogP) is 0.584. The van der Waals surface area contributed by atoms with Crippen LogP contribution in [0.2, 0.25) is 0 Å². The number of carbonyl (C=O) groups is 3. The van der Waals surface area contributed by atoms with Gasteiger partial charge < -0.3 is 10.4 Å². The second-order valence-corrected chi connectivity index (χ2v) is 6.88. The van der Waals surface area contributed by atoms with Crippen LogP contribution in [0.15, 0.2) is 17.5 Å². The third-order valence-electron chi connectivity index (χ3n) is 4.16. The summed E-state index contributed by atoms with van der Waals surface area (Å²) >= 11 is 1.45. The van der Waals surface area contributed by atoms with E-state index in [1.165, 1.54) is 16.7 Å². The Morgan fingerprint density at radius 3 is 2.75 bits per heavy atom. The molecule has 3 heterocycles. The fourth-order valence-electron chi connectivity index (χ4n) is 2.90. The maximum Gasteiger partial charge on any atom is 0.352 e. The van der Waals surface area contributed by atoms with E-state index in [-0.39, 0.29) is 17.0 Å². The molecule has 9 heteroatoms. The van der Waals surface area contributed by atoms with E-state index in [1.807, 2.05) is 6.92 Å². The SMILES string of the molecule is CCn1cc(C(=O)N[C@H]2C(=O)N3C(C(=O)O)=C(C)CS[C@H]23)c(C)n1. The van der Waals surface area contributed by atoms with E-state index in [9.17, 15) is 19.5 Å². The molecule has 128 valence electrons. The highest BCUT2D eigenvalue weighted by atomic mass is 32.2. The van der Waals surface area contributed by atoms with Gasteiger partial charge in [0.05, 0.1) is 11.3 Å². The van der Waals surface area contributed by atoms with Crippen molar-refractivity contribution in [1.82, 2.24) is 20.0 Å². The molecular formula is C15H18N4O4S. The Kier molecular flexibility index (Phi) is 4.12. The van der Waals surface area contributed by atoms with Gasteiger partial charge in [0.25, 0.3) is 11.8 Å². The van der Waals surface area contributed by atoms with Crippen molar-refractivity contribution >= 4 is 29.5 Å². The Bertz CT molecular complexity index is 770. The number of fused-ring (bicyclic) bond motifs is 1. The normalized spacial score (nSPS) is 23.0. The Hall–Kier alpha value is -2.29. The molecule has 2 N–H and O–H groups in total. The van der Waals surface area contributed by atoms with Gasteiger partial charge in [0.2, 0.25) is 0 Å². The Balaban J connectivity index is 1.77. The summed E-state index contributed by atoms with van der Waals surface area (Å²) in [4.78, 5) is 37.4. The summed E-state index contributed by atoms with van der Waals surface area (Å²) in [6, 6.07) is -0.714. The first-order chi connectivity index (χ1) is 11.3. The average molecular weight is 350 g/mol. The molecular weight excluding hydrogens is 332 g/mol. The van der Waals surface area contributed by atoms with Gasteiger partial charge in [-0.1, -0.05) is 0 Å². The van der Waals surface area contributed by atoms with Gasteiger partial charge in [-0.05, 0) is 26.3 Å². The fraction of sp³-hybridized carbons (Fsp3) is 0.467. The third-order valence-corrected chi connectivity index (χ3v) is 5.59. The number of thioether (sulfide) groups is 1. The first-order valence-electron chi connectivity index (χ1n) is 7.57. The molecule has 24 heavy (non-hydrogen) atoms. The number of nitrogens with one attached hydrogen (secondary N) is 1. The number of aryl methyl sites for hydroxylation is 2. The number of carboxylic acid groups (broad SMARTS) is 1. The third kappa shape index (κ3) is 2.48.